The number of carbonyl (C=O) groups is 1. The first-order valence-electron chi connectivity index (χ1n) is 6.44. The maximum Gasteiger partial charge on any atom is 0.224 e. The lowest BCUT2D eigenvalue weighted by Crippen LogP contribution is -2.44. The molecule has 0 aromatic carbocycles. The molecule has 0 spiro atoms. The van der Waals surface area contributed by atoms with Crippen LogP contribution in [0.4, 0.5) is 0 Å². The van der Waals surface area contributed by atoms with E-state index in [0.29, 0.717) is 6.54 Å². The van der Waals surface area contributed by atoms with Gasteiger partial charge in [0.15, 0.2) is 0 Å². The van der Waals surface area contributed by atoms with Gasteiger partial charge in [-0.1, -0.05) is 12.8 Å². The lowest BCUT2D eigenvalue weighted by atomic mass is 9.84. The molecule has 0 aliphatic heterocycles. The maximum absolute atomic E-state index is 12.0. The van der Waals surface area contributed by atoms with Crippen LogP contribution in [-0.2, 0) is 11.2 Å². The van der Waals surface area contributed by atoms with Gasteiger partial charge in [-0.15, -0.1) is 11.3 Å². The minimum Gasteiger partial charge on any atom is -0.355 e. The van der Waals surface area contributed by atoms with Crippen LogP contribution in [0.15, 0.2) is 15.9 Å². The minimum absolute atomic E-state index is 0.0221. The van der Waals surface area contributed by atoms with Crippen molar-refractivity contribution in [2.45, 2.75) is 38.1 Å². The van der Waals surface area contributed by atoms with Gasteiger partial charge in [-0.25, -0.2) is 0 Å². The fourth-order valence-electron chi connectivity index (χ4n) is 2.41. The van der Waals surface area contributed by atoms with Crippen molar-refractivity contribution in [3.8, 4) is 0 Å². The molecule has 2 rings (SSSR count). The van der Waals surface area contributed by atoms with E-state index >= 15 is 0 Å². The number of nitrogens with two attached hydrogens (primary N) is 1. The first-order valence-corrected chi connectivity index (χ1v) is 8.05. The predicted octanol–water partition coefficient (Wildman–Crippen LogP) is 2.69. The Labute approximate surface area is 120 Å². The molecule has 1 saturated carbocycles. The van der Waals surface area contributed by atoms with E-state index in [-0.39, 0.29) is 17.9 Å². The molecule has 1 aromatic heterocycles. The normalized spacial score (nSPS) is 23.9. The van der Waals surface area contributed by atoms with Gasteiger partial charge >= 0.3 is 0 Å². The Morgan fingerprint density at radius 1 is 1.44 bits per heavy atom. The van der Waals surface area contributed by atoms with Gasteiger partial charge in [0.1, 0.15) is 0 Å². The highest BCUT2D eigenvalue weighted by molar-refractivity contribution is 9.11. The van der Waals surface area contributed by atoms with Crippen molar-refractivity contribution in [2.24, 2.45) is 11.7 Å². The topological polar surface area (TPSA) is 55.1 Å². The highest BCUT2D eigenvalue weighted by Crippen LogP contribution is 2.24. The van der Waals surface area contributed by atoms with Gasteiger partial charge in [0.05, 0.1) is 9.70 Å². The van der Waals surface area contributed by atoms with E-state index < -0.39 is 0 Å². The van der Waals surface area contributed by atoms with Gasteiger partial charge in [0.2, 0.25) is 5.91 Å². The van der Waals surface area contributed by atoms with Crippen molar-refractivity contribution in [1.29, 1.82) is 0 Å². The van der Waals surface area contributed by atoms with Crippen molar-refractivity contribution in [3.05, 3.63) is 20.8 Å². The second-order valence-corrected chi connectivity index (χ2v) is 7.35. The van der Waals surface area contributed by atoms with E-state index in [0.717, 1.165) is 35.9 Å². The van der Waals surface area contributed by atoms with E-state index in [1.165, 1.54) is 4.88 Å². The zero-order valence-corrected chi connectivity index (χ0v) is 12.7. The molecule has 1 heterocycles. The summed E-state index contributed by atoms with van der Waals surface area (Å²) in [5, 5.41) is 3.01. The van der Waals surface area contributed by atoms with Crippen LogP contribution in [0.5, 0.6) is 0 Å². The number of nitrogens with one attached hydrogen (secondary N) is 1. The number of amides is 1. The van der Waals surface area contributed by atoms with Crippen molar-refractivity contribution in [2.75, 3.05) is 6.54 Å². The molecule has 1 fully saturated rings. The van der Waals surface area contributed by atoms with Crippen LogP contribution in [-0.4, -0.2) is 18.5 Å². The van der Waals surface area contributed by atoms with Crippen LogP contribution in [0.3, 0.4) is 0 Å². The minimum atomic E-state index is 0.0221. The summed E-state index contributed by atoms with van der Waals surface area (Å²) in [4.78, 5) is 13.3. The zero-order valence-electron chi connectivity index (χ0n) is 10.3. The molecular formula is C13H19BrN2OS. The molecule has 1 amide bonds. The first kappa shape index (κ1) is 14.0. The van der Waals surface area contributed by atoms with Crippen molar-refractivity contribution < 1.29 is 4.79 Å². The van der Waals surface area contributed by atoms with Crippen LogP contribution >= 0.6 is 27.3 Å². The Hall–Kier alpha value is -0.390. The number of hydrogen-bond donors (Lipinski definition) is 2. The molecule has 3 N–H and O–H groups in total. The van der Waals surface area contributed by atoms with Crippen LogP contribution in [0, 0.1) is 5.92 Å². The van der Waals surface area contributed by atoms with Crippen molar-refractivity contribution in [1.82, 2.24) is 5.32 Å². The summed E-state index contributed by atoms with van der Waals surface area (Å²) in [6.45, 7) is 0.703. The zero-order chi connectivity index (χ0) is 13.0. The smallest absolute Gasteiger partial charge is 0.224 e. The van der Waals surface area contributed by atoms with Gasteiger partial charge in [-0.05, 0) is 47.3 Å². The number of rotatable bonds is 4. The number of hydrogen-bond acceptors (Lipinski definition) is 3. The lowest BCUT2D eigenvalue weighted by molar-refractivity contribution is -0.126. The Balaban J connectivity index is 1.74. The maximum atomic E-state index is 12.0. The Bertz CT molecular complexity index is 407. The van der Waals surface area contributed by atoms with Gasteiger partial charge in [0, 0.05) is 17.5 Å². The van der Waals surface area contributed by atoms with Gasteiger partial charge in [-0.3, -0.25) is 4.79 Å². The SMILES string of the molecule is NC1CCCCC1C(=O)NCCc1ccc(Br)s1. The Kier molecular flexibility index (Phi) is 5.21. The molecule has 2 atom stereocenters. The molecule has 5 heteroatoms. The molecular weight excluding hydrogens is 312 g/mol. The third-order valence-electron chi connectivity index (χ3n) is 3.46. The quantitative estimate of drug-likeness (QED) is 0.891. The molecule has 0 saturated heterocycles. The highest BCUT2D eigenvalue weighted by atomic mass is 79.9. The molecule has 100 valence electrons. The van der Waals surface area contributed by atoms with E-state index in [9.17, 15) is 4.79 Å². The lowest BCUT2D eigenvalue weighted by Gasteiger charge is -2.27. The summed E-state index contributed by atoms with van der Waals surface area (Å²) in [5.74, 6) is 0.159. The number of halogens is 1. The van der Waals surface area contributed by atoms with E-state index in [1.54, 1.807) is 11.3 Å². The average molecular weight is 331 g/mol. The second kappa shape index (κ2) is 6.68. The molecule has 2 unspecified atom stereocenters. The molecule has 1 aromatic rings. The Morgan fingerprint density at radius 2 is 2.22 bits per heavy atom. The molecule has 0 radical (unpaired) electrons. The summed E-state index contributed by atoms with van der Waals surface area (Å²) in [5.41, 5.74) is 6.00. The molecule has 3 nitrogen and oxygen atoms in total. The van der Waals surface area contributed by atoms with Crippen LogP contribution < -0.4 is 11.1 Å². The van der Waals surface area contributed by atoms with Gasteiger partial charge < -0.3 is 11.1 Å². The summed E-state index contributed by atoms with van der Waals surface area (Å²) >= 11 is 5.15. The predicted molar refractivity (Wildman–Crippen MR) is 78.7 cm³/mol. The number of thiophene rings is 1. The molecule has 1 aliphatic rings. The van der Waals surface area contributed by atoms with Gasteiger partial charge in [-0.2, -0.15) is 0 Å². The van der Waals surface area contributed by atoms with Crippen molar-refractivity contribution >= 4 is 33.2 Å². The third kappa shape index (κ3) is 3.80. The number of carbonyl (C=O) groups excluding carboxylic acids is 1. The van der Waals surface area contributed by atoms with E-state index in [2.05, 4.69) is 27.3 Å². The molecule has 0 bridgehead atoms. The molecule has 1 aliphatic carbocycles. The van der Waals surface area contributed by atoms with Crippen LogP contribution in [0.25, 0.3) is 0 Å². The Morgan fingerprint density at radius 3 is 2.89 bits per heavy atom. The standard InChI is InChI=1S/C13H19BrN2OS/c14-12-6-5-9(18-12)7-8-16-13(17)10-3-1-2-4-11(10)15/h5-6,10-11H,1-4,7-8,15H2,(H,16,17). The summed E-state index contributed by atoms with van der Waals surface area (Å²) in [7, 11) is 0. The average Bonchev–Trinajstić information content (AvgIpc) is 2.75. The first-order chi connectivity index (χ1) is 8.66. The molecule has 18 heavy (non-hydrogen) atoms. The second-order valence-electron chi connectivity index (χ2n) is 4.80. The van der Waals surface area contributed by atoms with E-state index in [1.807, 2.05) is 6.07 Å². The van der Waals surface area contributed by atoms with E-state index in [4.69, 9.17) is 5.73 Å². The highest BCUT2D eigenvalue weighted by Gasteiger charge is 2.27. The van der Waals surface area contributed by atoms with Crippen molar-refractivity contribution in [3.63, 3.8) is 0 Å². The monoisotopic (exact) mass is 330 g/mol. The summed E-state index contributed by atoms with van der Waals surface area (Å²) in [6.07, 6.45) is 5.11. The summed E-state index contributed by atoms with van der Waals surface area (Å²) < 4.78 is 1.14. The summed E-state index contributed by atoms with van der Waals surface area (Å²) in [6, 6.07) is 4.18. The van der Waals surface area contributed by atoms with Gasteiger partial charge in [0.25, 0.3) is 0 Å². The fraction of sp³-hybridized carbons (Fsp3) is 0.615. The fourth-order valence-corrected chi connectivity index (χ4v) is 3.89. The van der Waals surface area contributed by atoms with Crippen LogP contribution in [0.2, 0.25) is 0 Å². The largest absolute Gasteiger partial charge is 0.355 e. The third-order valence-corrected chi connectivity index (χ3v) is 5.14. The van der Waals surface area contributed by atoms with Crippen LogP contribution in [0.1, 0.15) is 30.6 Å².